The Bertz CT molecular complexity index is 306. The van der Waals surface area contributed by atoms with Crippen molar-refractivity contribution in [2.24, 2.45) is 17.1 Å². The molecule has 2 aliphatic rings. The molecule has 0 bridgehead atoms. The van der Waals surface area contributed by atoms with E-state index in [9.17, 15) is 4.79 Å². The van der Waals surface area contributed by atoms with E-state index in [4.69, 9.17) is 5.73 Å². The predicted octanol–water partition coefficient (Wildman–Crippen LogP) is 2.98. The van der Waals surface area contributed by atoms with Gasteiger partial charge in [0.2, 0.25) is 5.91 Å². The van der Waals surface area contributed by atoms with Crippen molar-refractivity contribution in [3.05, 3.63) is 0 Å². The highest BCUT2D eigenvalue weighted by molar-refractivity contribution is 5.76. The minimum Gasteiger partial charge on any atom is -0.353 e. The second-order valence-electron chi connectivity index (χ2n) is 7.34. The highest BCUT2D eigenvalue weighted by Gasteiger charge is 2.33. The number of hydrogen-bond donors (Lipinski definition) is 2. The van der Waals surface area contributed by atoms with Crippen LogP contribution in [0.5, 0.6) is 0 Å². The molecule has 3 heteroatoms. The van der Waals surface area contributed by atoms with Crippen LogP contribution in [-0.2, 0) is 4.79 Å². The Labute approximate surface area is 117 Å². The molecule has 3 nitrogen and oxygen atoms in total. The summed E-state index contributed by atoms with van der Waals surface area (Å²) in [7, 11) is 0. The molecule has 2 rings (SSSR count). The van der Waals surface area contributed by atoms with Crippen LogP contribution in [0.1, 0.15) is 71.6 Å². The first kappa shape index (κ1) is 14.8. The molecule has 0 aromatic carbocycles. The SMILES string of the molecule is CC1(C)CCCCC1NC(=O)CC1CCC(N)CC1. The zero-order valence-corrected chi connectivity index (χ0v) is 12.6. The van der Waals surface area contributed by atoms with E-state index in [-0.39, 0.29) is 11.3 Å². The maximum Gasteiger partial charge on any atom is 0.220 e. The van der Waals surface area contributed by atoms with Gasteiger partial charge in [-0.3, -0.25) is 4.79 Å². The standard InChI is InChI=1S/C16H30N2O/c1-16(2)10-4-3-5-14(16)18-15(19)11-12-6-8-13(17)9-7-12/h12-14H,3-11,17H2,1-2H3,(H,18,19). The van der Waals surface area contributed by atoms with Crippen molar-refractivity contribution in [1.82, 2.24) is 5.32 Å². The first-order chi connectivity index (χ1) is 8.97. The third kappa shape index (κ3) is 4.20. The molecule has 3 N–H and O–H groups in total. The number of hydrogen-bond acceptors (Lipinski definition) is 2. The van der Waals surface area contributed by atoms with Crippen molar-refractivity contribution in [2.45, 2.75) is 83.7 Å². The van der Waals surface area contributed by atoms with Crippen molar-refractivity contribution >= 4 is 5.91 Å². The van der Waals surface area contributed by atoms with Gasteiger partial charge in [-0.05, 0) is 49.9 Å². The molecule has 110 valence electrons. The Balaban J connectivity index is 1.77. The lowest BCUT2D eigenvalue weighted by molar-refractivity contribution is -0.124. The normalized spacial score (nSPS) is 34.8. The molecule has 2 saturated carbocycles. The molecule has 1 amide bonds. The van der Waals surface area contributed by atoms with E-state index in [1.54, 1.807) is 0 Å². The summed E-state index contributed by atoms with van der Waals surface area (Å²) in [5.74, 6) is 0.826. The van der Waals surface area contributed by atoms with Crippen molar-refractivity contribution in [3.8, 4) is 0 Å². The van der Waals surface area contributed by atoms with Crippen LogP contribution in [0, 0.1) is 11.3 Å². The summed E-state index contributed by atoms with van der Waals surface area (Å²) in [6, 6.07) is 0.746. The fourth-order valence-electron chi connectivity index (χ4n) is 3.67. The second kappa shape index (κ2) is 6.25. The maximum atomic E-state index is 12.2. The Morgan fingerprint density at radius 1 is 1.16 bits per heavy atom. The van der Waals surface area contributed by atoms with Crippen LogP contribution in [0.3, 0.4) is 0 Å². The smallest absolute Gasteiger partial charge is 0.220 e. The van der Waals surface area contributed by atoms with Gasteiger partial charge in [-0.25, -0.2) is 0 Å². The fraction of sp³-hybridized carbons (Fsp3) is 0.938. The molecule has 1 unspecified atom stereocenters. The van der Waals surface area contributed by atoms with E-state index in [1.807, 2.05) is 0 Å². The molecule has 0 saturated heterocycles. The summed E-state index contributed by atoms with van der Waals surface area (Å²) >= 11 is 0. The topological polar surface area (TPSA) is 55.1 Å². The number of carbonyl (C=O) groups excluding carboxylic acids is 1. The van der Waals surface area contributed by atoms with E-state index in [0.717, 1.165) is 32.1 Å². The molecule has 19 heavy (non-hydrogen) atoms. The largest absolute Gasteiger partial charge is 0.353 e. The van der Waals surface area contributed by atoms with Gasteiger partial charge in [0.25, 0.3) is 0 Å². The lowest BCUT2D eigenvalue weighted by Gasteiger charge is -2.39. The minimum absolute atomic E-state index is 0.264. The van der Waals surface area contributed by atoms with E-state index in [2.05, 4.69) is 19.2 Å². The number of carbonyl (C=O) groups is 1. The average molecular weight is 266 g/mol. The molecule has 0 aliphatic heterocycles. The Kier molecular flexibility index (Phi) is 4.88. The van der Waals surface area contributed by atoms with Gasteiger partial charge >= 0.3 is 0 Å². The molecule has 0 aromatic heterocycles. The summed E-state index contributed by atoms with van der Waals surface area (Å²) in [5, 5.41) is 3.30. The third-order valence-corrected chi connectivity index (χ3v) is 5.21. The van der Waals surface area contributed by atoms with Crippen molar-refractivity contribution in [3.63, 3.8) is 0 Å². The monoisotopic (exact) mass is 266 g/mol. The Morgan fingerprint density at radius 2 is 1.84 bits per heavy atom. The average Bonchev–Trinajstić information content (AvgIpc) is 2.35. The highest BCUT2D eigenvalue weighted by atomic mass is 16.1. The van der Waals surface area contributed by atoms with Gasteiger partial charge in [0, 0.05) is 18.5 Å². The summed E-state index contributed by atoms with van der Waals surface area (Å²) in [5.41, 5.74) is 6.18. The summed E-state index contributed by atoms with van der Waals surface area (Å²) in [6.07, 6.45) is 10.1. The van der Waals surface area contributed by atoms with Gasteiger partial charge < -0.3 is 11.1 Å². The molecule has 0 aromatic rings. The van der Waals surface area contributed by atoms with Crippen molar-refractivity contribution in [2.75, 3.05) is 0 Å². The van der Waals surface area contributed by atoms with Gasteiger partial charge in [0.05, 0.1) is 0 Å². The summed E-state index contributed by atoms with van der Waals surface area (Å²) in [4.78, 5) is 12.2. The first-order valence-electron chi connectivity index (χ1n) is 8.02. The van der Waals surface area contributed by atoms with Crippen molar-refractivity contribution < 1.29 is 4.79 Å². The first-order valence-corrected chi connectivity index (χ1v) is 8.02. The molecule has 2 aliphatic carbocycles. The second-order valence-corrected chi connectivity index (χ2v) is 7.34. The quantitative estimate of drug-likeness (QED) is 0.825. The van der Waals surface area contributed by atoms with Crippen LogP contribution in [0.4, 0.5) is 0 Å². The van der Waals surface area contributed by atoms with Gasteiger partial charge in [0.15, 0.2) is 0 Å². The summed E-state index contributed by atoms with van der Waals surface area (Å²) < 4.78 is 0. The number of amides is 1. The third-order valence-electron chi connectivity index (χ3n) is 5.21. The van der Waals surface area contributed by atoms with E-state index in [1.165, 1.54) is 19.3 Å². The van der Waals surface area contributed by atoms with Crippen LogP contribution >= 0.6 is 0 Å². The van der Waals surface area contributed by atoms with E-state index >= 15 is 0 Å². The van der Waals surface area contributed by atoms with Crippen LogP contribution in [0.15, 0.2) is 0 Å². The minimum atomic E-state index is 0.264. The van der Waals surface area contributed by atoms with Crippen molar-refractivity contribution in [1.29, 1.82) is 0 Å². The zero-order valence-electron chi connectivity index (χ0n) is 12.6. The number of nitrogens with two attached hydrogens (primary N) is 1. The maximum absolute atomic E-state index is 12.2. The lowest BCUT2D eigenvalue weighted by Crippen LogP contribution is -2.47. The molecule has 2 fully saturated rings. The van der Waals surface area contributed by atoms with Gasteiger partial charge in [-0.2, -0.15) is 0 Å². The van der Waals surface area contributed by atoms with E-state index < -0.39 is 0 Å². The lowest BCUT2D eigenvalue weighted by atomic mass is 9.73. The molecular weight excluding hydrogens is 236 g/mol. The highest BCUT2D eigenvalue weighted by Crippen LogP contribution is 2.35. The van der Waals surface area contributed by atoms with Crippen LogP contribution < -0.4 is 11.1 Å². The van der Waals surface area contributed by atoms with E-state index in [0.29, 0.717) is 24.4 Å². The molecule has 0 heterocycles. The Morgan fingerprint density at radius 3 is 2.47 bits per heavy atom. The van der Waals surface area contributed by atoms with Crippen LogP contribution in [0.2, 0.25) is 0 Å². The van der Waals surface area contributed by atoms with Crippen LogP contribution in [0.25, 0.3) is 0 Å². The van der Waals surface area contributed by atoms with Gasteiger partial charge in [-0.1, -0.05) is 26.7 Å². The number of rotatable bonds is 3. The van der Waals surface area contributed by atoms with Crippen LogP contribution in [-0.4, -0.2) is 18.0 Å². The fourth-order valence-corrected chi connectivity index (χ4v) is 3.67. The number of nitrogens with one attached hydrogen (secondary N) is 1. The molecule has 1 atom stereocenters. The zero-order chi connectivity index (χ0) is 13.9. The molecular formula is C16H30N2O. The molecule has 0 spiro atoms. The Hall–Kier alpha value is -0.570. The summed E-state index contributed by atoms with van der Waals surface area (Å²) in [6.45, 7) is 4.58. The predicted molar refractivity (Wildman–Crippen MR) is 78.7 cm³/mol. The van der Waals surface area contributed by atoms with Gasteiger partial charge in [0.1, 0.15) is 0 Å². The molecule has 0 radical (unpaired) electrons. The van der Waals surface area contributed by atoms with Gasteiger partial charge in [-0.15, -0.1) is 0 Å².